The summed E-state index contributed by atoms with van der Waals surface area (Å²) in [5.41, 5.74) is 3.45. The van der Waals surface area contributed by atoms with Crippen LogP contribution in [0.25, 0.3) is 0 Å². The maximum Gasteiger partial charge on any atom is 0.115 e. The van der Waals surface area contributed by atoms with Gasteiger partial charge in [0.1, 0.15) is 5.75 Å². The van der Waals surface area contributed by atoms with Gasteiger partial charge in [-0.2, -0.15) is 0 Å². The van der Waals surface area contributed by atoms with Crippen LogP contribution in [-0.4, -0.2) is 5.11 Å². The van der Waals surface area contributed by atoms with Crippen molar-refractivity contribution in [2.24, 2.45) is 11.8 Å². The Labute approximate surface area is 142 Å². The third kappa shape index (κ3) is 3.30. The molecule has 2 aliphatic rings. The molecule has 1 fully saturated rings. The SMILES string of the molecule is CCCCC[C@@]12CCC(CCC)C[C@H]1CCc1cc(O)ccc12. The van der Waals surface area contributed by atoms with Gasteiger partial charge in [0.05, 0.1) is 0 Å². The molecular formula is C22H34O. The van der Waals surface area contributed by atoms with Crippen molar-refractivity contribution < 1.29 is 5.11 Å². The van der Waals surface area contributed by atoms with Crippen molar-refractivity contribution in [2.45, 2.75) is 89.9 Å². The number of phenolic OH excluding ortho intramolecular Hbond substituents is 1. The van der Waals surface area contributed by atoms with Crippen LogP contribution in [0.2, 0.25) is 0 Å². The Bertz CT molecular complexity index is 521. The first-order valence-corrected chi connectivity index (χ1v) is 10.0. The highest BCUT2D eigenvalue weighted by molar-refractivity contribution is 5.43. The van der Waals surface area contributed by atoms with Crippen molar-refractivity contribution in [2.75, 3.05) is 0 Å². The van der Waals surface area contributed by atoms with Gasteiger partial charge < -0.3 is 5.11 Å². The summed E-state index contributed by atoms with van der Waals surface area (Å²) in [4.78, 5) is 0. The van der Waals surface area contributed by atoms with E-state index in [2.05, 4.69) is 19.9 Å². The van der Waals surface area contributed by atoms with E-state index in [9.17, 15) is 5.11 Å². The number of unbranched alkanes of at least 4 members (excludes halogenated alkanes) is 2. The minimum Gasteiger partial charge on any atom is -0.508 e. The molecule has 0 bridgehead atoms. The van der Waals surface area contributed by atoms with E-state index >= 15 is 0 Å². The molecule has 0 amide bonds. The summed E-state index contributed by atoms with van der Waals surface area (Å²) >= 11 is 0. The third-order valence-corrected chi connectivity index (χ3v) is 6.71. The topological polar surface area (TPSA) is 20.2 Å². The first-order valence-electron chi connectivity index (χ1n) is 10.0. The molecular weight excluding hydrogens is 280 g/mol. The van der Waals surface area contributed by atoms with Crippen molar-refractivity contribution >= 4 is 0 Å². The molecule has 128 valence electrons. The number of fused-ring (bicyclic) bond motifs is 3. The summed E-state index contributed by atoms with van der Waals surface area (Å²) < 4.78 is 0. The zero-order chi connectivity index (χ0) is 16.3. The van der Waals surface area contributed by atoms with Crippen molar-refractivity contribution in [3.63, 3.8) is 0 Å². The molecule has 1 unspecified atom stereocenters. The van der Waals surface area contributed by atoms with E-state index in [1.165, 1.54) is 76.2 Å². The molecule has 23 heavy (non-hydrogen) atoms. The number of aromatic hydroxyl groups is 1. The van der Waals surface area contributed by atoms with Gasteiger partial charge in [0.25, 0.3) is 0 Å². The highest BCUT2D eigenvalue weighted by Gasteiger charge is 2.46. The quantitative estimate of drug-likeness (QED) is 0.605. The van der Waals surface area contributed by atoms with Crippen molar-refractivity contribution in [3.8, 4) is 5.75 Å². The number of hydrogen-bond donors (Lipinski definition) is 1. The largest absolute Gasteiger partial charge is 0.508 e. The first-order chi connectivity index (χ1) is 11.2. The maximum atomic E-state index is 9.89. The maximum absolute atomic E-state index is 9.89. The predicted octanol–water partition coefficient (Wildman–Crippen LogP) is 6.37. The van der Waals surface area contributed by atoms with Crippen LogP contribution in [0.3, 0.4) is 0 Å². The zero-order valence-corrected chi connectivity index (χ0v) is 15.1. The summed E-state index contributed by atoms with van der Waals surface area (Å²) in [6.07, 6.45) is 14.9. The van der Waals surface area contributed by atoms with Gasteiger partial charge in [-0.25, -0.2) is 0 Å². The fourth-order valence-corrected chi connectivity index (χ4v) is 5.59. The molecule has 0 saturated heterocycles. The van der Waals surface area contributed by atoms with Crippen LogP contribution in [0.15, 0.2) is 18.2 Å². The zero-order valence-electron chi connectivity index (χ0n) is 15.1. The fourth-order valence-electron chi connectivity index (χ4n) is 5.59. The predicted molar refractivity (Wildman–Crippen MR) is 98.0 cm³/mol. The summed E-state index contributed by atoms with van der Waals surface area (Å²) in [7, 11) is 0. The number of hydrogen-bond acceptors (Lipinski definition) is 1. The molecule has 0 spiro atoms. The van der Waals surface area contributed by atoms with Gasteiger partial charge in [0, 0.05) is 0 Å². The standard InChI is InChI=1S/C22H34O/c1-3-5-6-13-22-14-12-17(7-4-2)15-19(22)9-8-18-16-20(23)10-11-21(18)22/h10-11,16-17,19,23H,3-9,12-15H2,1-2H3/t17?,19-,22-/m1/s1. The molecule has 2 aliphatic carbocycles. The van der Waals surface area contributed by atoms with Gasteiger partial charge >= 0.3 is 0 Å². The van der Waals surface area contributed by atoms with Crippen LogP contribution in [0.5, 0.6) is 5.75 Å². The minimum absolute atomic E-state index is 0.417. The Hall–Kier alpha value is -0.980. The van der Waals surface area contributed by atoms with Crippen LogP contribution in [0.4, 0.5) is 0 Å². The lowest BCUT2D eigenvalue weighted by Crippen LogP contribution is -2.44. The van der Waals surface area contributed by atoms with Gasteiger partial charge in [-0.1, -0.05) is 52.0 Å². The van der Waals surface area contributed by atoms with Gasteiger partial charge in [-0.05, 0) is 79.0 Å². The van der Waals surface area contributed by atoms with Gasteiger partial charge in [0.15, 0.2) is 0 Å². The number of rotatable bonds is 6. The molecule has 0 heterocycles. The van der Waals surface area contributed by atoms with Crippen LogP contribution in [-0.2, 0) is 11.8 Å². The second kappa shape index (κ2) is 7.28. The molecule has 3 rings (SSSR count). The third-order valence-electron chi connectivity index (χ3n) is 6.71. The Morgan fingerprint density at radius 3 is 2.78 bits per heavy atom. The highest BCUT2D eigenvalue weighted by Crippen LogP contribution is 2.55. The molecule has 1 aromatic carbocycles. The molecule has 1 saturated carbocycles. The van der Waals surface area contributed by atoms with E-state index in [-0.39, 0.29) is 0 Å². The molecule has 1 nitrogen and oxygen atoms in total. The second-order valence-electron chi connectivity index (χ2n) is 8.12. The summed E-state index contributed by atoms with van der Waals surface area (Å²) in [5.74, 6) is 2.29. The van der Waals surface area contributed by atoms with E-state index < -0.39 is 0 Å². The number of phenols is 1. The molecule has 0 aliphatic heterocycles. The van der Waals surface area contributed by atoms with E-state index in [0.717, 1.165) is 11.8 Å². The van der Waals surface area contributed by atoms with E-state index in [4.69, 9.17) is 0 Å². The fraction of sp³-hybridized carbons (Fsp3) is 0.727. The minimum atomic E-state index is 0.417. The van der Waals surface area contributed by atoms with Crippen LogP contribution >= 0.6 is 0 Å². The second-order valence-corrected chi connectivity index (χ2v) is 8.12. The Balaban J connectivity index is 1.89. The van der Waals surface area contributed by atoms with Crippen LogP contribution in [0.1, 0.15) is 89.2 Å². The van der Waals surface area contributed by atoms with Gasteiger partial charge in [-0.15, -0.1) is 0 Å². The number of aryl methyl sites for hydroxylation is 1. The smallest absolute Gasteiger partial charge is 0.115 e. The molecule has 3 atom stereocenters. The monoisotopic (exact) mass is 314 g/mol. The van der Waals surface area contributed by atoms with E-state index in [1.54, 1.807) is 5.56 Å². The van der Waals surface area contributed by atoms with E-state index in [1.807, 2.05) is 12.1 Å². The van der Waals surface area contributed by atoms with Gasteiger partial charge in [0.2, 0.25) is 0 Å². The molecule has 1 N–H and O–H groups in total. The molecule has 1 aromatic rings. The van der Waals surface area contributed by atoms with Crippen LogP contribution < -0.4 is 0 Å². The Morgan fingerprint density at radius 1 is 1.13 bits per heavy atom. The lowest BCUT2D eigenvalue weighted by Gasteiger charge is -2.51. The van der Waals surface area contributed by atoms with Crippen molar-refractivity contribution in [1.29, 1.82) is 0 Å². The highest BCUT2D eigenvalue weighted by atomic mass is 16.3. The average molecular weight is 315 g/mol. The summed E-state index contributed by atoms with van der Waals surface area (Å²) in [5, 5.41) is 9.89. The van der Waals surface area contributed by atoms with Gasteiger partial charge in [-0.3, -0.25) is 0 Å². The summed E-state index contributed by atoms with van der Waals surface area (Å²) in [6, 6.07) is 6.25. The average Bonchev–Trinajstić information content (AvgIpc) is 2.55. The van der Waals surface area contributed by atoms with Crippen LogP contribution in [0, 0.1) is 11.8 Å². The van der Waals surface area contributed by atoms with E-state index in [0.29, 0.717) is 11.2 Å². The van der Waals surface area contributed by atoms with Crippen molar-refractivity contribution in [1.82, 2.24) is 0 Å². The van der Waals surface area contributed by atoms with Crippen molar-refractivity contribution in [3.05, 3.63) is 29.3 Å². The molecule has 0 radical (unpaired) electrons. The molecule has 1 heteroatoms. The summed E-state index contributed by atoms with van der Waals surface area (Å²) in [6.45, 7) is 4.64. The Morgan fingerprint density at radius 2 is 2.00 bits per heavy atom. The number of benzene rings is 1. The first kappa shape index (κ1) is 16.9. The lowest BCUT2D eigenvalue weighted by molar-refractivity contribution is 0.102. The lowest BCUT2D eigenvalue weighted by atomic mass is 9.53. The molecule has 0 aromatic heterocycles. The Kier molecular flexibility index (Phi) is 5.34. The normalized spacial score (nSPS) is 29.8.